The molecule has 5 rings (SSSR count). The molecule has 0 spiro atoms. The maximum atomic E-state index is 13.8. The number of halogens is 6. The van der Waals surface area contributed by atoms with Gasteiger partial charge in [0.25, 0.3) is 0 Å². The molecule has 194 valence electrons. The number of hydrogen-bond acceptors (Lipinski definition) is 5. The molecule has 12 heteroatoms. The summed E-state index contributed by atoms with van der Waals surface area (Å²) in [5.74, 6) is 0.974. The highest BCUT2D eigenvalue weighted by molar-refractivity contribution is 5.71. The van der Waals surface area contributed by atoms with Gasteiger partial charge in [0.15, 0.2) is 17.5 Å². The molecule has 0 N–H and O–H groups in total. The molecule has 0 amide bonds. The lowest BCUT2D eigenvalue weighted by Crippen LogP contribution is -2.22. The molecule has 1 aliphatic heterocycles. The van der Waals surface area contributed by atoms with Crippen LogP contribution in [0, 0.1) is 6.92 Å². The van der Waals surface area contributed by atoms with Gasteiger partial charge in [0.05, 0.1) is 30.0 Å². The Hall–Kier alpha value is -3.83. The molecule has 0 fully saturated rings. The van der Waals surface area contributed by atoms with E-state index < -0.39 is 35.0 Å². The van der Waals surface area contributed by atoms with Crippen LogP contribution in [0.3, 0.4) is 0 Å². The van der Waals surface area contributed by atoms with Crippen LogP contribution in [0.15, 0.2) is 47.0 Å². The number of hydrogen-bond donors (Lipinski definition) is 0. The zero-order chi connectivity index (χ0) is 26.5. The molecular weight excluding hydrogens is 502 g/mol. The van der Waals surface area contributed by atoms with Gasteiger partial charge in [0, 0.05) is 24.9 Å². The van der Waals surface area contributed by atoms with Crippen molar-refractivity contribution < 1.29 is 35.5 Å². The normalized spacial score (nSPS) is 16.1. The predicted molar refractivity (Wildman–Crippen MR) is 120 cm³/mol. The topological polar surface area (TPSA) is 66.0 Å². The van der Waals surface area contributed by atoms with Crippen LogP contribution < -0.4 is 4.74 Å². The van der Waals surface area contributed by atoms with Crippen LogP contribution in [-0.2, 0) is 18.9 Å². The van der Waals surface area contributed by atoms with Crippen LogP contribution in [0.5, 0.6) is 5.75 Å². The maximum absolute atomic E-state index is 13.8. The molecule has 0 saturated heterocycles. The highest BCUT2D eigenvalue weighted by Gasteiger charge is 2.40. The Bertz CT molecular complexity index is 1450. The zero-order valence-electron chi connectivity index (χ0n) is 19.6. The molecule has 6 nitrogen and oxygen atoms in total. The summed E-state index contributed by atoms with van der Waals surface area (Å²) in [5, 5.41) is 8.35. The first-order chi connectivity index (χ1) is 17.5. The Morgan fingerprint density at radius 2 is 1.78 bits per heavy atom. The van der Waals surface area contributed by atoms with Crippen molar-refractivity contribution >= 4 is 0 Å². The molecule has 0 radical (unpaired) electrons. The van der Waals surface area contributed by atoms with Gasteiger partial charge in [0.2, 0.25) is 0 Å². The molecule has 4 aromatic rings. The number of aryl methyl sites for hydroxylation is 1. The fourth-order valence-corrected chi connectivity index (χ4v) is 4.69. The largest absolute Gasteiger partial charge is 0.496 e. The van der Waals surface area contributed by atoms with Crippen molar-refractivity contribution in [1.82, 2.24) is 19.7 Å². The number of aromatic nitrogens is 4. The number of nitrogens with zero attached hydrogens (tertiary/aromatic N) is 4. The van der Waals surface area contributed by atoms with Gasteiger partial charge in [-0.2, -0.15) is 26.3 Å². The first-order valence-electron chi connectivity index (χ1n) is 11.3. The predicted octanol–water partition coefficient (Wildman–Crippen LogP) is 6.88. The van der Waals surface area contributed by atoms with E-state index in [9.17, 15) is 26.3 Å². The molecule has 3 heterocycles. The second-order valence-electron chi connectivity index (χ2n) is 8.68. The molecule has 37 heavy (non-hydrogen) atoms. The lowest BCUT2D eigenvalue weighted by Gasteiger charge is -2.27. The minimum absolute atomic E-state index is 0.181. The summed E-state index contributed by atoms with van der Waals surface area (Å²) < 4.78 is 94.2. The van der Waals surface area contributed by atoms with E-state index in [1.807, 2.05) is 0 Å². The molecule has 1 atom stereocenters. The third-order valence-electron chi connectivity index (χ3n) is 6.37. The van der Waals surface area contributed by atoms with Crippen molar-refractivity contribution in [3.63, 3.8) is 0 Å². The number of ether oxygens (including phenoxy) is 1. The Balaban J connectivity index is 1.59. The molecule has 1 aliphatic rings. The first kappa shape index (κ1) is 24.8. The van der Waals surface area contributed by atoms with Gasteiger partial charge in [-0.15, -0.1) is 10.2 Å². The van der Waals surface area contributed by atoms with Crippen molar-refractivity contribution in [3.05, 3.63) is 71.0 Å². The van der Waals surface area contributed by atoms with Gasteiger partial charge >= 0.3 is 12.4 Å². The molecular formula is C25H20F6N4O2. The Morgan fingerprint density at radius 1 is 1.00 bits per heavy atom. The van der Waals surface area contributed by atoms with Crippen LogP contribution in [0.2, 0.25) is 0 Å². The summed E-state index contributed by atoms with van der Waals surface area (Å²) in [6.07, 6.45) is -7.41. The summed E-state index contributed by atoms with van der Waals surface area (Å²) in [6, 6.07) is 6.69. The minimum atomic E-state index is -4.83. The van der Waals surface area contributed by atoms with E-state index in [-0.39, 0.29) is 12.2 Å². The van der Waals surface area contributed by atoms with Crippen LogP contribution in [0.25, 0.3) is 22.7 Å². The monoisotopic (exact) mass is 522 g/mol. The second kappa shape index (κ2) is 8.93. The van der Waals surface area contributed by atoms with Gasteiger partial charge < -0.3 is 13.7 Å². The molecule has 0 saturated carbocycles. The number of fused-ring (bicyclic) bond motifs is 1. The summed E-state index contributed by atoms with van der Waals surface area (Å²) in [6.45, 7) is 2.11. The minimum Gasteiger partial charge on any atom is -0.496 e. The highest BCUT2D eigenvalue weighted by Crippen LogP contribution is 2.44. The van der Waals surface area contributed by atoms with E-state index in [1.54, 1.807) is 35.9 Å². The van der Waals surface area contributed by atoms with Crippen molar-refractivity contribution in [1.29, 1.82) is 0 Å². The number of benzene rings is 2. The zero-order valence-corrected chi connectivity index (χ0v) is 19.6. The van der Waals surface area contributed by atoms with Crippen LogP contribution >= 0.6 is 0 Å². The van der Waals surface area contributed by atoms with Crippen molar-refractivity contribution in [2.24, 2.45) is 0 Å². The molecule has 1 unspecified atom stereocenters. The molecule has 0 aliphatic carbocycles. The van der Waals surface area contributed by atoms with Crippen molar-refractivity contribution in [3.8, 4) is 28.5 Å². The van der Waals surface area contributed by atoms with E-state index in [4.69, 9.17) is 9.15 Å². The molecule has 0 bridgehead atoms. The average molecular weight is 522 g/mol. The summed E-state index contributed by atoms with van der Waals surface area (Å²) in [4.78, 5) is 4.08. The number of methoxy groups -OCH3 is 1. The Morgan fingerprint density at radius 3 is 2.43 bits per heavy atom. The van der Waals surface area contributed by atoms with E-state index in [1.165, 1.54) is 7.11 Å². The van der Waals surface area contributed by atoms with Gasteiger partial charge in [-0.1, -0.05) is 6.07 Å². The third kappa shape index (κ3) is 4.56. The fourth-order valence-electron chi connectivity index (χ4n) is 4.69. The average Bonchev–Trinajstić information content (AvgIpc) is 3.48. The maximum Gasteiger partial charge on any atom is 0.416 e. The fraction of sp³-hybridized carbons (Fsp3) is 0.320. The number of oxazole rings is 1. The second-order valence-corrected chi connectivity index (χ2v) is 8.68. The summed E-state index contributed by atoms with van der Waals surface area (Å²) in [5.41, 5.74) is -1.50. The Labute approximate surface area is 206 Å². The lowest BCUT2D eigenvalue weighted by atomic mass is 9.86. The lowest BCUT2D eigenvalue weighted by molar-refractivity contribution is -0.142. The summed E-state index contributed by atoms with van der Waals surface area (Å²) >= 11 is 0. The summed E-state index contributed by atoms with van der Waals surface area (Å²) in [7, 11) is 1.48. The van der Waals surface area contributed by atoms with Gasteiger partial charge in [-0.05, 0) is 48.7 Å². The van der Waals surface area contributed by atoms with Gasteiger partial charge in [0.1, 0.15) is 11.6 Å². The van der Waals surface area contributed by atoms with E-state index in [0.29, 0.717) is 65.5 Å². The molecule has 2 aromatic heterocycles. The standard InChI is InChI=1S/C25H20F6N4O2/c1-13-32-12-21(37-13)17-7-5-14(10-20(17)36-2)22-33-34-23-16(4-3-9-35(22)23)18-11-15(24(26,27)28)6-8-19(18)25(29,30)31/h5-8,10-12,16H,3-4,9H2,1-2H3. The van der Waals surface area contributed by atoms with Crippen LogP contribution in [0.4, 0.5) is 26.3 Å². The number of rotatable bonds is 4. The van der Waals surface area contributed by atoms with E-state index >= 15 is 0 Å². The van der Waals surface area contributed by atoms with Gasteiger partial charge in [-0.25, -0.2) is 4.98 Å². The molecule has 2 aromatic carbocycles. The SMILES string of the molecule is COc1cc(-c2nnc3n2CCCC3c2cc(C(F)(F)F)ccc2C(F)(F)F)ccc1-c1cnc(C)o1. The van der Waals surface area contributed by atoms with Crippen molar-refractivity contribution in [2.45, 2.75) is 44.6 Å². The third-order valence-corrected chi connectivity index (χ3v) is 6.37. The van der Waals surface area contributed by atoms with Gasteiger partial charge in [-0.3, -0.25) is 0 Å². The number of alkyl halides is 6. The van der Waals surface area contributed by atoms with Crippen LogP contribution in [-0.4, -0.2) is 26.9 Å². The Kier molecular flexibility index (Phi) is 5.99. The van der Waals surface area contributed by atoms with Crippen molar-refractivity contribution in [2.75, 3.05) is 7.11 Å². The quantitative estimate of drug-likeness (QED) is 0.274. The van der Waals surface area contributed by atoms with E-state index in [2.05, 4.69) is 15.2 Å². The first-order valence-corrected chi connectivity index (χ1v) is 11.3. The van der Waals surface area contributed by atoms with Crippen LogP contribution in [0.1, 0.15) is 47.2 Å². The van der Waals surface area contributed by atoms with E-state index in [0.717, 1.165) is 0 Å². The smallest absolute Gasteiger partial charge is 0.416 e. The highest BCUT2D eigenvalue weighted by atomic mass is 19.4.